The van der Waals surface area contributed by atoms with Crippen LogP contribution in [0.1, 0.15) is 44.1 Å². The van der Waals surface area contributed by atoms with Crippen molar-refractivity contribution in [1.29, 1.82) is 0 Å². The van der Waals surface area contributed by atoms with Gasteiger partial charge in [0.15, 0.2) is 0 Å². The normalized spacial score (nSPS) is 28.4. The van der Waals surface area contributed by atoms with Gasteiger partial charge in [0.25, 0.3) is 0 Å². The molecule has 104 valence electrons. The van der Waals surface area contributed by atoms with Gasteiger partial charge >= 0.3 is 0 Å². The molecule has 0 amide bonds. The predicted octanol–water partition coefficient (Wildman–Crippen LogP) is 3.93. The molecule has 2 heteroatoms. The standard InChI is InChI=1S/C17H24FN/c18-16-8-5-7-14(10-16)6-3-1-2-4-9-17-11-15(17)12-19-13-17/h5,7-8,10,15,19H,1-4,6,9,11-13H2. The largest absolute Gasteiger partial charge is 0.316 e. The lowest BCUT2D eigenvalue weighted by molar-refractivity contribution is 0.437. The Hall–Kier alpha value is -0.890. The molecule has 1 N–H and O–H groups in total. The summed E-state index contributed by atoms with van der Waals surface area (Å²) in [6.07, 6.45) is 9.11. The Bertz CT molecular complexity index is 431. The number of nitrogens with one attached hydrogen (secondary N) is 1. The van der Waals surface area contributed by atoms with E-state index in [0.29, 0.717) is 5.41 Å². The fraction of sp³-hybridized carbons (Fsp3) is 0.647. The third kappa shape index (κ3) is 3.17. The zero-order valence-electron chi connectivity index (χ0n) is 11.6. The first kappa shape index (κ1) is 13.1. The Morgan fingerprint density at radius 3 is 2.84 bits per heavy atom. The summed E-state index contributed by atoms with van der Waals surface area (Å²) >= 11 is 0. The number of hydrogen-bond donors (Lipinski definition) is 1. The highest BCUT2D eigenvalue weighted by Crippen LogP contribution is 2.58. The third-order valence-corrected chi connectivity index (χ3v) is 5.01. The predicted molar refractivity (Wildman–Crippen MR) is 76.6 cm³/mol. The Kier molecular flexibility index (Phi) is 3.88. The monoisotopic (exact) mass is 261 g/mol. The summed E-state index contributed by atoms with van der Waals surface area (Å²) in [4.78, 5) is 0. The van der Waals surface area contributed by atoms with Crippen molar-refractivity contribution >= 4 is 0 Å². The van der Waals surface area contributed by atoms with E-state index in [2.05, 4.69) is 5.32 Å². The number of rotatable bonds is 7. The topological polar surface area (TPSA) is 12.0 Å². The molecule has 2 fully saturated rings. The number of fused-ring (bicyclic) bond motifs is 1. The minimum absolute atomic E-state index is 0.106. The van der Waals surface area contributed by atoms with Crippen molar-refractivity contribution in [2.24, 2.45) is 11.3 Å². The zero-order chi connectivity index (χ0) is 13.1. The van der Waals surface area contributed by atoms with E-state index < -0.39 is 0 Å². The molecule has 2 atom stereocenters. The lowest BCUT2D eigenvalue weighted by atomic mass is 9.96. The molecule has 1 aliphatic heterocycles. The lowest BCUT2D eigenvalue weighted by Crippen LogP contribution is -2.16. The smallest absolute Gasteiger partial charge is 0.123 e. The van der Waals surface area contributed by atoms with Crippen LogP contribution in [-0.2, 0) is 6.42 Å². The molecule has 1 aromatic rings. The van der Waals surface area contributed by atoms with Crippen LogP contribution < -0.4 is 5.32 Å². The van der Waals surface area contributed by atoms with Gasteiger partial charge in [0, 0.05) is 6.54 Å². The van der Waals surface area contributed by atoms with Crippen LogP contribution in [0.3, 0.4) is 0 Å². The second-order valence-electron chi connectivity index (χ2n) is 6.44. The molecule has 1 saturated carbocycles. The number of aryl methyl sites for hydroxylation is 1. The summed E-state index contributed by atoms with van der Waals surface area (Å²) in [7, 11) is 0. The van der Waals surface area contributed by atoms with Crippen molar-refractivity contribution in [3.8, 4) is 0 Å². The van der Waals surface area contributed by atoms with Gasteiger partial charge in [0.2, 0.25) is 0 Å². The molecule has 1 nitrogen and oxygen atoms in total. The molecule has 3 rings (SSSR count). The molecule has 1 heterocycles. The number of hydrogen-bond acceptors (Lipinski definition) is 1. The summed E-state index contributed by atoms with van der Waals surface area (Å²) < 4.78 is 13.0. The number of benzene rings is 1. The summed E-state index contributed by atoms with van der Waals surface area (Å²) in [6, 6.07) is 7.02. The Morgan fingerprint density at radius 2 is 2.11 bits per heavy atom. The van der Waals surface area contributed by atoms with Crippen LogP contribution in [0.15, 0.2) is 24.3 Å². The van der Waals surface area contributed by atoms with Crippen molar-refractivity contribution in [2.75, 3.05) is 13.1 Å². The molecule has 0 radical (unpaired) electrons. The summed E-state index contributed by atoms with van der Waals surface area (Å²) in [5, 5.41) is 3.51. The summed E-state index contributed by atoms with van der Waals surface area (Å²) in [6.45, 7) is 2.53. The van der Waals surface area contributed by atoms with E-state index >= 15 is 0 Å². The molecule has 0 bridgehead atoms. The minimum Gasteiger partial charge on any atom is -0.316 e. The van der Waals surface area contributed by atoms with Gasteiger partial charge in [-0.15, -0.1) is 0 Å². The number of piperidine rings is 1. The van der Waals surface area contributed by atoms with Crippen LogP contribution in [0.5, 0.6) is 0 Å². The van der Waals surface area contributed by atoms with Crippen molar-refractivity contribution in [3.05, 3.63) is 35.6 Å². The van der Waals surface area contributed by atoms with Crippen LogP contribution in [-0.4, -0.2) is 13.1 Å². The Balaban J connectivity index is 1.27. The van der Waals surface area contributed by atoms with Gasteiger partial charge < -0.3 is 5.32 Å². The molecular formula is C17H24FN. The van der Waals surface area contributed by atoms with E-state index in [1.165, 1.54) is 57.7 Å². The SMILES string of the molecule is Fc1cccc(CCCCCCC23CNCC2C3)c1. The van der Waals surface area contributed by atoms with Gasteiger partial charge in [-0.05, 0) is 61.3 Å². The number of halogens is 1. The van der Waals surface area contributed by atoms with Gasteiger partial charge in [-0.1, -0.05) is 31.4 Å². The van der Waals surface area contributed by atoms with E-state index in [1.807, 2.05) is 12.1 Å². The highest BCUT2D eigenvalue weighted by molar-refractivity contribution is 5.16. The van der Waals surface area contributed by atoms with E-state index in [4.69, 9.17) is 0 Å². The van der Waals surface area contributed by atoms with Gasteiger partial charge in [-0.2, -0.15) is 0 Å². The van der Waals surface area contributed by atoms with Crippen LogP contribution in [0.4, 0.5) is 4.39 Å². The summed E-state index contributed by atoms with van der Waals surface area (Å²) in [5.41, 5.74) is 1.85. The van der Waals surface area contributed by atoms with Crippen LogP contribution in [0.25, 0.3) is 0 Å². The lowest BCUT2D eigenvalue weighted by Gasteiger charge is -2.10. The Labute approximate surface area is 115 Å². The first-order valence-electron chi connectivity index (χ1n) is 7.74. The maximum atomic E-state index is 13.0. The second-order valence-corrected chi connectivity index (χ2v) is 6.44. The second kappa shape index (κ2) is 5.62. The fourth-order valence-corrected chi connectivity index (χ4v) is 3.68. The van der Waals surface area contributed by atoms with Crippen LogP contribution in [0.2, 0.25) is 0 Å². The third-order valence-electron chi connectivity index (χ3n) is 5.01. The Morgan fingerprint density at radius 1 is 1.21 bits per heavy atom. The minimum atomic E-state index is -0.106. The quantitative estimate of drug-likeness (QED) is 0.733. The van der Waals surface area contributed by atoms with Crippen LogP contribution >= 0.6 is 0 Å². The van der Waals surface area contributed by atoms with Gasteiger partial charge in [-0.3, -0.25) is 0 Å². The molecule has 0 aromatic heterocycles. The molecule has 1 aliphatic carbocycles. The maximum absolute atomic E-state index is 13.0. The van der Waals surface area contributed by atoms with E-state index in [-0.39, 0.29) is 5.82 Å². The van der Waals surface area contributed by atoms with E-state index in [9.17, 15) is 4.39 Å². The zero-order valence-corrected chi connectivity index (χ0v) is 11.6. The molecule has 2 unspecified atom stereocenters. The van der Waals surface area contributed by atoms with Gasteiger partial charge in [0.05, 0.1) is 0 Å². The van der Waals surface area contributed by atoms with Crippen molar-refractivity contribution in [1.82, 2.24) is 5.32 Å². The molecular weight excluding hydrogens is 237 g/mol. The van der Waals surface area contributed by atoms with Crippen molar-refractivity contribution < 1.29 is 4.39 Å². The van der Waals surface area contributed by atoms with Gasteiger partial charge in [-0.25, -0.2) is 4.39 Å². The highest BCUT2D eigenvalue weighted by Gasteiger charge is 2.55. The molecule has 0 spiro atoms. The first-order valence-corrected chi connectivity index (χ1v) is 7.74. The molecule has 19 heavy (non-hydrogen) atoms. The van der Waals surface area contributed by atoms with Crippen molar-refractivity contribution in [2.45, 2.75) is 44.9 Å². The number of unbranched alkanes of at least 4 members (excludes halogenated alkanes) is 3. The first-order chi connectivity index (χ1) is 9.28. The van der Waals surface area contributed by atoms with E-state index in [0.717, 1.165) is 17.9 Å². The molecule has 2 aliphatic rings. The average Bonchev–Trinajstić information content (AvgIpc) is 2.95. The molecule has 1 saturated heterocycles. The maximum Gasteiger partial charge on any atom is 0.123 e. The average molecular weight is 261 g/mol. The fourth-order valence-electron chi connectivity index (χ4n) is 3.68. The molecule has 1 aromatic carbocycles. The van der Waals surface area contributed by atoms with E-state index in [1.54, 1.807) is 6.07 Å². The van der Waals surface area contributed by atoms with Crippen molar-refractivity contribution in [3.63, 3.8) is 0 Å². The van der Waals surface area contributed by atoms with Crippen LogP contribution in [0, 0.1) is 17.2 Å². The summed E-state index contributed by atoms with van der Waals surface area (Å²) in [5.74, 6) is 0.893. The highest BCUT2D eigenvalue weighted by atomic mass is 19.1. The van der Waals surface area contributed by atoms with Gasteiger partial charge in [0.1, 0.15) is 5.82 Å².